The van der Waals surface area contributed by atoms with E-state index < -0.39 is 29.6 Å². The number of allylic oxidation sites excluding steroid dienone is 2. The van der Waals surface area contributed by atoms with Gasteiger partial charge in [0.15, 0.2) is 0 Å². The molecule has 0 fully saturated rings. The van der Waals surface area contributed by atoms with Crippen molar-refractivity contribution in [3.8, 4) is 0 Å². The van der Waals surface area contributed by atoms with Gasteiger partial charge in [-0.1, -0.05) is 31.0 Å². The molecule has 0 saturated carbocycles. The maximum atomic E-state index is 13.3. The molecule has 1 aromatic rings. The highest BCUT2D eigenvalue weighted by Gasteiger charge is 2.39. The van der Waals surface area contributed by atoms with E-state index in [9.17, 15) is 22.8 Å². The molecule has 32 heavy (non-hydrogen) atoms. The lowest BCUT2D eigenvalue weighted by Gasteiger charge is -2.30. The third-order valence-electron chi connectivity index (χ3n) is 5.26. The average molecular weight is 454 g/mol. The van der Waals surface area contributed by atoms with Crippen LogP contribution in [0.5, 0.6) is 0 Å². The predicted octanol–water partition coefficient (Wildman–Crippen LogP) is 4.18. The molecule has 9 heteroatoms. The summed E-state index contributed by atoms with van der Waals surface area (Å²) in [6, 6.07) is 4.59. The first-order chi connectivity index (χ1) is 15.1. The lowest BCUT2D eigenvalue weighted by molar-refractivity contribution is -0.139. The van der Waals surface area contributed by atoms with Gasteiger partial charge in [-0.2, -0.15) is 13.2 Å². The number of dihydropyridines is 1. The maximum absolute atomic E-state index is 13.3. The Morgan fingerprint density at radius 2 is 1.66 bits per heavy atom. The van der Waals surface area contributed by atoms with Crippen LogP contribution in [0.3, 0.4) is 0 Å². The molecule has 6 nitrogen and oxygen atoms in total. The second-order valence-corrected chi connectivity index (χ2v) is 7.59. The van der Waals surface area contributed by atoms with Crippen molar-refractivity contribution in [2.45, 2.75) is 51.6 Å². The van der Waals surface area contributed by atoms with Gasteiger partial charge in [0.1, 0.15) is 0 Å². The van der Waals surface area contributed by atoms with E-state index >= 15 is 0 Å². The number of nitrogens with two attached hydrogens (primary N) is 1. The van der Waals surface area contributed by atoms with Crippen molar-refractivity contribution in [3.63, 3.8) is 0 Å². The van der Waals surface area contributed by atoms with Crippen molar-refractivity contribution in [1.82, 2.24) is 5.32 Å². The van der Waals surface area contributed by atoms with E-state index in [0.717, 1.165) is 31.4 Å². The van der Waals surface area contributed by atoms with Crippen molar-refractivity contribution in [1.29, 1.82) is 0 Å². The predicted molar refractivity (Wildman–Crippen MR) is 113 cm³/mol. The second kappa shape index (κ2) is 11.2. The van der Waals surface area contributed by atoms with Gasteiger partial charge in [0.2, 0.25) is 0 Å². The van der Waals surface area contributed by atoms with Crippen molar-refractivity contribution in [2.24, 2.45) is 5.73 Å². The lowest BCUT2D eigenvalue weighted by atomic mass is 9.80. The lowest BCUT2D eigenvalue weighted by Crippen LogP contribution is -2.32. The monoisotopic (exact) mass is 454 g/mol. The molecule has 1 aliphatic heterocycles. The van der Waals surface area contributed by atoms with Gasteiger partial charge in [-0.05, 0) is 44.9 Å². The van der Waals surface area contributed by atoms with Gasteiger partial charge in [-0.25, -0.2) is 9.59 Å². The Labute approximate surface area is 185 Å². The Kier molecular flexibility index (Phi) is 8.89. The molecule has 0 aromatic heterocycles. The first-order valence-corrected chi connectivity index (χ1v) is 10.4. The molecule has 1 unspecified atom stereocenters. The number of hydrogen-bond donors (Lipinski definition) is 2. The molecule has 0 amide bonds. The fraction of sp³-hybridized carbons (Fsp3) is 0.478. The minimum atomic E-state index is -4.57. The fourth-order valence-electron chi connectivity index (χ4n) is 3.72. The molecular weight excluding hydrogens is 425 g/mol. The summed E-state index contributed by atoms with van der Waals surface area (Å²) in [6.45, 7) is 3.98. The van der Waals surface area contributed by atoms with Gasteiger partial charge < -0.3 is 20.5 Å². The molecule has 1 aromatic carbocycles. The van der Waals surface area contributed by atoms with Gasteiger partial charge in [0.05, 0.1) is 36.3 Å². The summed E-state index contributed by atoms with van der Waals surface area (Å²) in [7, 11) is 1.18. The largest absolute Gasteiger partial charge is 0.466 e. The highest BCUT2D eigenvalue weighted by atomic mass is 19.4. The average Bonchev–Trinajstić information content (AvgIpc) is 2.74. The van der Waals surface area contributed by atoms with E-state index in [1.807, 2.05) is 0 Å². The van der Waals surface area contributed by atoms with Crippen LogP contribution >= 0.6 is 0 Å². The zero-order valence-electron chi connectivity index (χ0n) is 18.5. The minimum absolute atomic E-state index is 0.0623. The minimum Gasteiger partial charge on any atom is -0.466 e. The number of carbonyl (C=O) groups is 2. The quantitative estimate of drug-likeness (QED) is 0.430. The molecule has 0 saturated heterocycles. The van der Waals surface area contributed by atoms with Crippen LogP contribution in [0, 0.1) is 0 Å². The molecule has 0 radical (unpaired) electrons. The zero-order chi connectivity index (χ0) is 23.9. The normalized spacial score (nSPS) is 16.7. The van der Waals surface area contributed by atoms with Crippen molar-refractivity contribution in [2.75, 3.05) is 20.3 Å². The molecule has 0 spiro atoms. The second-order valence-electron chi connectivity index (χ2n) is 7.59. The number of methoxy groups -OCH3 is 1. The summed E-state index contributed by atoms with van der Waals surface area (Å²) in [5.41, 5.74) is 5.68. The third-order valence-corrected chi connectivity index (χ3v) is 5.26. The Hall–Kier alpha value is -2.81. The Morgan fingerprint density at radius 1 is 1.03 bits per heavy atom. The summed E-state index contributed by atoms with van der Waals surface area (Å²) in [6.07, 6.45) is -1.30. The number of benzene rings is 1. The zero-order valence-corrected chi connectivity index (χ0v) is 18.5. The first-order valence-electron chi connectivity index (χ1n) is 10.4. The Morgan fingerprint density at radius 3 is 2.25 bits per heavy atom. The number of nitrogens with one attached hydrogen (secondary N) is 1. The highest BCUT2D eigenvalue weighted by molar-refractivity contribution is 5.99. The summed E-state index contributed by atoms with van der Waals surface area (Å²) < 4.78 is 50.3. The summed E-state index contributed by atoms with van der Waals surface area (Å²) in [4.78, 5) is 25.5. The van der Waals surface area contributed by atoms with E-state index in [1.54, 1.807) is 13.8 Å². The third kappa shape index (κ3) is 6.12. The number of alkyl halides is 3. The SMILES string of the molecule is COC(=O)C1=C(C)NC(C)=C(C(=O)OCCCCCCN)C1c1cccc(C(F)(F)F)c1. The van der Waals surface area contributed by atoms with Crippen molar-refractivity contribution in [3.05, 3.63) is 57.9 Å². The van der Waals surface area contributed by atoms with Crippen LogP contribution in [-0.2, 0) is 25.2 Å². The van der Waals surface area contributed by atoms with Crippen LogP contribution in [0.4, 0.5) is 13.2 Å². The number of halogens is 3. The number of hydrogen-bond acceptors (Lipinski definition) is 6. The van der Waals surface area contributed by atoms with E-state index in [4.69, 9.17) is 15.2 Å². The number of rotatable bonds is 9. The summed E-state index contributed by atoms with van der Waals surface area (Å²) in [5, 5.41) is 2.96. The maximum Gasteiger partial charge on any atom is 0.416 e. The van der Waals surface area contributed by atoms with Crippen LogP contribution in [0.15, 0.2) is 46.8 Å². The molecule has 2 rings (SSSR count). The molecular formula is C23H29F3N2O4. The van der Waals surface area contributed by atoms with Crippen LogP contribution in [0.1, 0.15) is 56.6 Å². The van der Waals surface area contributed by atoms with Crippen molar-refractivity contribution < 1.29 is 32.2 Å². The fourth-order valence-corrected chi connectivity index (χ4v) is 3.72. The topological polar surface area (TPSA) is 90.6 Å². The summed E-state index contributed by atoms with van der Waals surface area (Å²) in [5.74, 6) is -2.49. The molecule has 0 aliphatic carbocycles. The molecule has 176 valence electrons. The van der Waals surface area contributed by atoms with E-state index in [-0.39, 0.29) is 23.3 Å². The number of ether oxygens (including phenoxy) is 2. The van der Waals surface area contributed by atoms with E-state index in [0.29, 0.717) is 24.4 Å². The van der Waals surface area contributed by atoms with Crippen LogP contribution in [0.25, 0.3) is 0 Å². The van der Waals surface area contributed by atoms with Crippen molar-refractivity contribution >= 4 is 11.9 Å². The number of esters is 2. The van der Waals surface area contributed by atoms with Gasteiger partial charge in [-0.15, -0.1) is 0 Å². The van der Waals surface area contributed by atoms with Gasteiger partial charge >= 0.3 is 18.1 Å². The summed E-state index contributed by atoms with van der Waals surface area (Å²) >= 11 is 0. The van der Waals surface area contributed by atoms with E-state index in [1.165, 1.54) is 19.2 Å². The number of unbranched alkanes of at least 4 members (excludes halogenated alkanes) is 3. The van der Waals surface area contributed by atoms with E-state index in [2.05, 4.69) is 5.32 Å². The van der Waals surface area contributed by atoms with Crippen LogP contribution in [0.2, 0.25) is 0 Å². The van der Waals surface area contributed by atoms with Crippen LogP contribution < -0.4 is 11.1 Å². The Balaban J connectivity index is 2.41. The smallest absolute Gasteiger partial charge is 0.416 e. The molecule has 1 aliphatic rings. The molecule has 0 bridgehead atoms. The van der Waals surface area contributed by atoms with Gasteiger partial charge in [-0.3, -0.25) is 0 Å². The standard InChI is InChI=1S/C23H29F3N2O4/c1-14-18(21(29)31-3)20(16-9-8-10-17(13-16)23(24,25)26)19(15(2)28-14)22(30)32-12-7-5-4-6-11-27/h8-10,13,20,28H,4-7,11-12,27H2,1-3H3. The molecule has 1 atom stereocenters. The molecule has 1 heterocycles. The molecule has 3 N–H and O–H groups in total. The first kappa shape index (κ1) is 25.5. The van der Waals surface area contributed by atoms with Gasteiger partial charge in [0.25, 0.3) is 0 Å². The Bertz CT molecular complexity index is 907. The highest BCUT2D eigenvalue weighted by Crippen LogP contribution is 2.41. The number of carbonyl (C=O) groups excluding carboxylic acids is 2. The van der Waals surface area contributed by atoms with Gasteiger partial charge in [0, 0.05) is 11.4 Å². The van der Waals surface area contributed by atoms with Crippen LogP contribution in [-0.4, -0.2) is 32.2 Å².